The average Bonchev–Trinajstić information content (AvgIpc) is 2.50. The molecule has 3 heteroatoms. The Balaban J connectivity index is 2.11. The summed E-state index contributed by atoms with van der Waals surface area (Å²) in [6.07, 6.45) is 0.419. The first-order chi connectivity index (χ1) is 7.18. The van der Waals surface area contributed by atoms with E-state index in [1.54, 1.807) is 0 Å². The van der Waals surface area contributed by atoms with E-state index in [-0.39, 0.29) is 17.5 Å². The zero-order valence-electron chi connectivity index (χ0n) is 8.78. The molecule has 0 saturated carbocycles. The van der Waals surface area contributed by atoms with Gasteiger partial charge in [-0.05, 0) is 18.1 Å². The first-order valence-electron chi connectivity index (χ1n) is 5.32. The molecule has 15 heavy (non-hydrogen) atoms. The molecule has 0 unspecified atom stereocenters. The van der Waals surface area contributed by atoms with Crippen LogP contribution >= 0.6 is 11.6 Å². The molecule has 0 amide bonds. The van der Waals surface area contributed by atoms with Crippen LogP contribution in [0.4, 0.5) is 0 Å². The van der Waals surface area contributed by atoms with Gasteiger partial charge in [0.05, 0.1) is 12.1 Å². The normalized spacial score (nSPS) is 26.3. The maximum Gasteiger partial charge on any atom is 0.0775 e. The van der Waals surface area contributed by atoms with Crippen molar-refractivity contribution in [2.75, 3.05) is 6.54 Å². The second-order valence-corrected chi connectivity index (χ2v) is 4.88. The fourth-order valence-electron chi connectivity index (χ4n) is 2.11. The summed E-state index contributed by atoms with van der Waals surface area (Å²) in [5.41, 5.74) is 2.45. The maximum absolute atomic E-state index is 9.92. The van der Waals surface area contributed by atoms with Crippen molar-refractivity contribution in [1.29, 1.82) is 0 Å². The summed E-state index contributed by atoms with van der Waals surface area (Å²) >= 11 is 5.89. The van der Waals surface area contributed by atoms with Gasteiger partial charge in [-0.3, -0.25) is 0 Å². The van der Waals surface area contributed by atoms with Gasteiger partial charge in [-0.15, -0.1) is 11.6 Å². The monoisotopic (exact) mass is 225 g/mol. The van der Waals surface area contributed by atoms with Gasteiger partial charge in [0.25, 0.3) is 0 Å². The van der Waals surface area contributed by atoms with Crippen LogP contribution in [0.3, 0.4) is 0 Å². The van der Waals surface area contributed by atoms with Crippen molar-refractivity contribution in [3.05, 3.63) is 35.4 Å². The van der Waals surface area contributed by atoms with Crippen LogP contribution in [-0.2, 0) is 6.42 Å². The van der Waals surface area contributed by atoms with E-state index in [0.717, 1.165) is 13.0 Å². The van der Waals surface area contributed by atoms with Crippen LogP contribution in [0.15, 0.2) is 24.3 Å². The molecule has 1 aliphatic carbocycles. The van der Waals surface area contributed by atoms with Crippen LogP contribution in [0.5, 0.6) is 0 Å². The van der Waals surface area contributed by atoms with Crippen LogP contribution in [0.2, 0.25) is 0 Å². The Morgan fingerprint density at radius 3 is 3.00 bits per heavy atom. The molecule has 0 fully saturated rings. The van der Waals surface area contributed by atoms with Gasteiger partial charge >= 0.3 is 0 Å². The first-order valence-corrected chi connectivity index (χ1v) is 5.75. The van der Waals surface area contributed by atoms with E-state index >= 15 is 0 Å². The van der Waals surface area contributed by atoms with E-state index in [0.29, 0.717) is 0 Å². The standard InChI is InChI=1S/C12H16ClNO/c1-8(13)7-14-12-10-5-3-2-4-9(10)6-11(12)15/h2-5,8,11-12,14-15H,6-7H2,1H3/t8-,11+,12-/m1/s1. The Morgan fingerprint density at radius 2 is 2.27 bits per heavy atom. The van der Waals surface area contributed by atoms with E-state index in [1.807, 2.05) is 19.1 Å². The summed E-state index contributed by atoms with van der Waals surface area (Å²) < 4.78 is 0. The van der Waals surface area contributed by atoms with Crippen molar-refractivity contribution in [2.45, 2.75) is 30.9 Å². The van der Waals surface area contributed by atoms with Crippen molar-refractivity contribution in [3.63, 3.8) is 0 Å². The van der Waals surface area contributed by atoms with E-state index < -0.39 is 0 Å². The van der Waals surface area contributed by atoms with Crippen molar-refractivity contribution in [1.82, 2.24) is 5.32 Å². The van der Waals surface area contributed by atoms with Crippen molar-refractivity contribution < 1.29 is 5.11 Å². The molecule has 0 spiro atoms. The molecule has 0 aliphatic heterocycles. The molecule has 2 N–H and O–H groups in total. The molecule has 1 aromatic carbocycles. The quantitative estimate of drug-likeness (QED) is 0.770. The van der Waals surface area contributed by atoms with Crippen LogP contribution in [0.25, 0.3) is 0 Å². The number of fused-ring (bicyclic) bond motifs is 1. The van der Waals surface area contributed by atoms with Crippen molar-refractivity contribution in [3.8, 4) is 0 Å². The van der Waals surface area contributed by atoms with Crippen LogP contribution < -0.4 is 5.32 Å². The number of rotatable bonds is 3. The molecule has 1 aliphatic rings. The topological polar surface area (TPSA) is 32.3 Å². The minimum atomic E-state index is -0.321. The summed E-state index contributed by atoms with van der Waals surface area (Å²) in [4.78, 5) is 0. The number of halogens is 1. The largest absolute Gasteiger partial charge is 0.391 e. The number of benzene rings is 1. The minimum absolute atomic E-state index is 0.0439. The summed E-state index contributed by atoms with van der Waals surface area (Å²) in [6.45, 7) is 2.67. The fraction of sp³-hybridized carbons (Fsp3) is 0.500. The minimum Gasteiger partial charge on any atom is -0.391 e. The van der Waals surface area contributed by atoms with Crippen LogP contribution in [0.1, 0.15) is 24.1 Å². The first kappa shape index (κ1) is 10.9. The molecule has 0 aromatic heterocycles. The highest BCUT2D eigenvalue weighted by molar-refractivity contribution is 6.20. The average molecular weight is 226 g/mol. The summed E-state index contributed by atoms with van der Waals surface area (Å²) in [7, 11) is 0. The molecule has 0 saturated heterocycles. The second kappa shape index (κ2) is 4.52. The predicted molar refractivity (Wildman–Crippen MR) is 62.2 cm³/mol. The lowest BCUT2D eigenvalue weighted by molar-refractivity contribution is 0.142. The molecule has 0 heterocycles. The van der Waals surface area contributed by atoms with E-state index in [1.165, 1.54) is 11.1 Å². The number of alkyl halides is 1. The molecule has 1 aromatic rings. The summed E-state index contributed by atoms with van der Waals surface area (Å²) in [6, 6.07) is 8.21. The number of aliphatic hydroxyl groups is 1. The van der Waals surface area contributed by atoms with Gasteiger partial charge in [0.2, 0.25) is 0 Å². The lowest BCUT2D eigenvalue weighted by atomic mass is 10.1. The zero-order valence-corrected chi connectivity index (χ0v) is 9.54. The number of nitrogens with one attached hydrogen (secondary N) is 1. The lowest BCUT2D eigenvalue weighted by Gasteiger charge is -2.18. The van der Waals surface area contributed by atoms with Gasteiger partial charge < -0.3 is 10.4 Å². The van der Waals surface area contributed by atoms with Gasteiger partial charge in [0.15, 0.2) is 0 Å². The highest BCUT2D eigenvalue weighted by atomic mass is 35.5. The van der Waals surface area contributed by atoms with Gasteiger partial charge in [-0.1, -0.05) is 24.3 Å². The third-order valence-electron chi connectivity index (χ3n) is 2.82. The van der Waals surface area contributed by atoms with Gasteiger partial charge in [-0.2, -0.15) is 0 Å². The zero-order chi connectivity index (χ0) is 10.8. The Hall–Kier alpha value is -0.570. The molecule has 0 radical (unpaired) electrons. The maximum atomic E-state index is 9.92. The second-order valence-electron chi connectivity index (χ2n) is 4.14. The Bertz CT molecular complexity index is 340. The molecular weight excluding hydrogens is 210 g/mol. The molecule has 2 rings (SSSR count). The van der Waals surface area contributed by atoms with Crippen molar-refractivity contribution in [2.24, 2.45) is 0 Å². The Kier molecular flexibility index (Phi) is 3.29. The molecule has 3 atom stereocenters. The summed E-state index contributed by atoms with van der Waals surface area (Å²) in [5, 5.41) is 13.3. The molecule has 2 nitrogen and oxygen atoms in total. The SMILES string of the molecule is C[C@@H](Cl)CN[C@@H]1c2ccccc2C[C@@H]1O. The fourth-order valence-corrected chi connectivity index (χ4v) is 2.20. The third kappa shape index (κ3) is 2.33. The highest BCUT2D eigenvalue weighted by Crippen LogP contribution is 2.31. The van der Waals surface area contributed by atoms with Crippen molar-refractivity contribution >= 4 is 11.6 Å². The van der Waals surface area contributed by atoms with Crippen LogP contribution in [0, 0.1) is 0 Å². The van der Waals surface area contributed by atoms with Crippen LogP contribution in [-0.4, -0.2) is 23.1 Å². The van der Waals surface area contributed by atoms with Gasteiger partial charge in [-0.25, -0.2) is 0 Å². The highest BCUT2D eigenvalue weighted by Gasteiger charge is 2.30. The lowest BCUT2D eigenvalue weighted by Crippen LogP contribution is -2.32. The van der Waals surface area contributed by atoms with Gasteiger partial charge in [0.1, 0.15) is 0 Å². The van der Waals surface area contributed by atoms with E-state index in [2.05, 4.69) is 17.4 Å². The third-order valence-corrected chi connectivity index (χ3v) is 2.98. The number of hydrogen-bond donors (Lipinski definition) is 2. The number of hydrogen-bond acceptors (Lipinski definition) is 2. The molecule has 82 valence electrons. The number of aliphatic hydroxyl groups excluding tert-OH is 1. The van der Waals surface area contributed by atoms with E-state index in [4.69, 9.17) is 11.6 Å². The van der Waals surface area contributed by atoms with E-state index in [9.17, 15) is 5.11 Å². The molecule has 0 bridgehead atoms. The van der Waals surface area contributed by atoms with Gasteiger partial charge in [0, 0.05) is 18.3 Å². The summed E-state index contributed by atoms with van der Waals surface area (Å²) in [5.74, 6) is 0. The smallest absolute Gasteiger partial charge is 0.0775 e. The predicted octanol–water partition coefficient (Wildman–Crippen LogP) is 1.86. The Morgan fingerprint density at radius 1 is 1.53 bits per heavy atom. The Labute approximate surface area is 95.3 Å². The molecular formula is C12H16ClNO.